The van der Waals surface area contributed by atoms with Crippen LogP contribution in [0.5, 0.6) is 0 Å². The zero-order valence-corrected chi connectivity index (χ0v) is 98.6. The highest BCUT2D eigenvalue weighted by Gasteiger charge is 2.49. The molecule has 0 bridgehead atoms. The van der Waals surface area contributed by atoms with Crippen molar-refractivity contribution in [2.45, 2.75) is 304 Å². The zero-order chi connectivity index (χ0) is 103. The summed E-state index contributed by atoms with van der Waals surface area (Å²) in [5.74, 6) is 0.464. The van der Waals surface area contributed by atoms with Gasteiger partial charge in [0.1, 0.15) is 19.6 Å². The fourth-order valence-electron chi connectivity index (χ4n) is 22.1. The van der Waals surface area contributed by atoms with Gasteiger partial charge in [0.05, 0.1) is 61.3 Å². The van der Waals surface area contributed by atoms with Gasteiger partial charge in [0.25, 0.3) is 8.53 Å². The summed E-state index contributed by atoms with van der Waals surface area (Å²) in [5.41, 5.74) is 23.6. The average molecular weight is 2340 g/mol. The molecule has 0 radical (unpaired) electrons. The number of para-hydroxylation sites is 6. The molecule has 4 N–H and O–H groups in total. The van der Waals surface area contributed by atoms with E-state index in [4.69, 9.17) is 29.3 Å². The third-order valence-corrected chi connectivity index (χ3v) is 31.9. The van der Waals surface area contributed by atoms with Crippen molar-refractivity contribution in [3.8, 4) is 6.07 Å². The number of likely N-dealkylation sites (tertiary alicyclic amines) is 1. The fourth-order valence-corrected chi connectivity index (χ4v) is 23.8. The maximum absolute atomic E-state index is 13.3. The lowest BCUT2D eigenvalue weighted by Gasteiger charge is -2.39. The van der Waals surface area contributed by atoms with Gasteiger partial charge in [-0.05, 0) is 207 Å². The Kier molecular flexibility index (Phi) is 50.0. The van der Waals surface area contributed by atoms with E-state index >= 15 is 0 Å². The van der Waals surface area contributed by atoms with Crippen LogP contribution in [0.4, 0.5) is 34.1 Å². The first kappa shape index (κ1) is 123. The van der Waals surface area contributed by atoms with Crippen molar-refractivity contribution < 1.29 is 124 Å². The molecule has 1 saturated heterocycles. The fraction of sp³-hybridized carbons (Fsp3) is 0.504. The summed E-state index contributed by atoms with van der Waals surface area (Å²) < 4.78 is 27.6. The molecule has 23 heteroatoms. The number of piperidine rings is 1. The van der Waals surface area contributed by atoms with Crippen LogP contribution in [0.25, 0.3) is 0 Å². The number of nitrogens with one attached hydrogen (secondary N) is 2. The minimum absolute atomic E-state index is 0. The highest BCUT2D eigenvalue weighted by Crippen LogP contribution is 2.53. The summed E-state index contributed by atoms with van der Waals surface area (Å²) in [7, 11) is -1.27. The summed E-state index contributed by atoms with van der Waals surface area (Å²) in [6.07, 6.45) is 49.6. The van der Waals surface area contributed by atoms with Gasteiger partial charge >= 0.3 is 0 Å². The molecule has 13 rings (SSSR count). The van der Waals surface area contributed by atoms with Gasteiger partial charge in [-0.1, -0.05) is 218 Å². The van der Waals surface area contributed by atoms with E-state index in [9.17, 15) is 14.4 Å². The molecule has 0 aromatic heterocycles. The zero-order valence-electron chi connectivity index (χ0n) is 91.2. The number of carbonyl (C=O) groups excluding carboxylic acids is 3. The van der Waals surface area contributed by atoms with E-state index < -0.39 is 8.53 Å². The summed E-state index contributed by atoms with van der Waals surface area (Å²) in [6.45, 7) is 52.7. The van der Waals surface area contributed by atoms with Crippen LogP contribution in [0.1, 0.15) is 287 Å². The van der Waals surface area contributed by atoms with Crippen molar-refractivity contribution >= 4 is 77.5 Å². The van der Waals surface area contributed by atoms with Crippen LogP contribution in [0, 0.1) is 11.3 Å². The predicted octanol–water partition coefficient (Wildman–Crippen LogP) is 16.4. The highest BCUT2D eigenvalue weighted by molar-refractivity contribution is 7.44. The number of aliphatic hydroxyl groups excluding tert-OH is 2. The van der Waals surface area contributed by atoms with Crippen molar-refractivity contribution in [1.29, 1.82) is 5.26 Å². The van der Waals surface area contributed by atoms with E-state index in [0.29, 0.717) is 65.1 Å². The van der Waals surface area contributed by atoms with Crippen LogP contribution in [-0.2, 0) is 60.7 Å². The number of aliphatic hydroxyl groups is 2. The number of halogens is 3. The summed E-state index contributed by atoms with van der Waals surface area (Å²) in [5, 5.41) is 32.6. The van der Waals surface area contributed by atoms with Gasteiger partial charge in [0, 0.05) is 207 Å². The maximum Gasteiger partial charge on any atom is 0.259 e. The monoisotopic (exact) mass is 2340 g/mol. The van der Waals surface area contributed by atoms with Crippen LogP contribution in [0.2, 0.25) is 0 Å². The molecule has 7 heterocycles. The Balaban J connectivity index is 0.000000268. The quantitative estimate of drug-likeness (QED) is 0.00928. The average Bonchev–Trinajstić information content (AvgIpc) is 1.63. The minimum atomic E-state index is -1.27. The molecule has 19 nitrogen and oxygen atoms in total. The first-order valence-corrected chi connectivity index (χ1v) is 54.8. The van der Waals surface area contributed by atoms with Gasteiger partial charge in [-0.15, -0.1) is 0 Å². The van der Waals surface area contributed by atoms with Gasteiger partial charge in [-0.3, -0.25) is 14.4 Å². The molecule has 1 unspecified atom stereocenters. The molecule has 0 spiro atoms. The second kappa shape index (κ2) is 59.5. The van der Waals surface area contributed by atoms with Crippen molar-refractivity contribution in [2.75, 3.05) is 113 Å². The molecule has 1 fully saturated rings. The van der Waals surface area contributed by atoms with Gasteiger partial charge < -0.3 is 126 Å². The summed E-state index contributed by atoms with van der Waals surface area (Å²) in [4.78, 5) is 47.0. The third kappa shape index (κ3) is 31.0. The number of carbonyl (C=O) groups is 3. The molecule has 792 valence electrons. The first-order valence-electron chi connectivity index (χ1n) is 53.7. The van der Waals surface area contributed by atoms with E-state index in [-0.39, 0.29) is 154 Å². The van der Waals surface area contributed by atoms with E-state index in [1.807, 2.05) is 4.90 Å². The van der Waals surface area contributed by atoms with Gasteiger partial charge in [-0.25, -0.2) is 4.67 Å². The second-order valence-corrected chi connectivity index (χ2v) is 43.8. The van der Waals surface area contributed by atoms with Crippen molar-refractivity contribution in [1.82, 2.24) is 20.2 Å². The Bertz CT molecular complexity index is 5690. The predicted molar refractivity (Wildman–Crippen MR) is 595 cm³/mol. The number of rotatable bonds is 49. The lowest BCUT2D eigenvalue weighted by atomic mass is 9.81. The van der Waals surface area contributed by atoms with E-state index in [0.717, 1.165) is 142 Å². The van der Waals surface area contributed by atoms with Crippen LogP contribution in [-0.4, -0.2) is 185 Å². The third-order valence-electron chi connectivity index (χ3n) is 29.7. The van der Waals surface area contributed by atoms with Crippen LogP contribution < -0.4 is 97.3 Å². The Morgan fingerprint density at radius 3 is 1.12 bits per heavy atom. The number of likely N-dealkylation sites (N-methyl/N-ethyl adjacent to an activating group) is 3. The maximum atomic E-state index is 13.3. The number of hydrogen-bond acceptors (Lipinski definition) is 13. The van der Waals surface area contributed by atoms with Gasteiger partial charge in [-0.2, -0.15) is 19.0 Å². The number of anilines is 3. The Hall–Kier alpha value is -8.33. The largest absolute Gasteiger partial charge is 1.00 e. The highest BCUT2D eigenvalue weighted by atomic mass is 127. The minimum Gasteiger partial charge on any atom is -1.00 e. The summed E-state index contributed by atoms with van der Waals surface area (Å²) in [6, 6.07) is 55.3. The molecule has 0 aliphatic carbocycles. The molecule has 1 atom stereocenters. The van der Waals surface area contributed by atoms with E-state index in [2.05, 4.69) is 418 Å². The molecule has 7 aliphatic heterocycles. The van der Waals surface area contributed by atoms with E-state index in [1.54, 1.807) is 0 Å². The number of fused-ring (bicyclic) bond motifs is 6. The number of unbranched alkanes of at least 4 members (excludes halogenated alkanes) is 9. The van der Waals surface area contributed by atoms with Gasteiger partial charge in [0.15, 0.2) is 17.1 Å². The van der Waals surface area contributed by atoms with Crippen LogP contribution in [0.15, 0.2) is 254 Å². The first-order chi connectivity index (χ1) is 68.8. The molecule has 3 amide bonds. The Morgan fingerprint density at radius 2 is 0.767 bits per heavy atom. The van der Waals surface area contributed by atoms with E-state index in [1.165, 1.54) is 102 Å². The van der Waals surface area contributed by atoms with Crippen molar-refractivity contribution in [2.24, 2.45) is 0 Å². The molecule has 6 aromatic rings. The number of allylic oxidation sites excluding steroid dienone is 18. The summed E-state index contributed by atoms with van der Waals surface area (Å²) >= 11 is 0. The lowest BCUT2D eigenvalue weighted by molar-refractivity contribution is -0.438. The normalized spacial score (nSPS) is 18.0. The molecule has 6 aromatic carbocycles. The lowest BCUT2D eigenvalue weighted by Crippen LogP contribution is -3.00. The Morgan fingerprint density at radius 1 is 0.425 bits per heavy atom. The molecule has 7 aliphatic rings. The smallest absolute Gasteiger partial charge is 0.259 e. The van der Waals surface area contributed by atoms with Crippen LogP contribution >= 0.6 is 8.53 Å². The second-order valence-electron chi connectivity index (χ2n) is 42.4. The number of nitriles is 1. The molecular weight excluding hydrogens is 2170 g/mol. The molecule has 146 heavy (non-hydrogen) atoms. The van der Waals surface area contributed by atoms with Gasteiger partial charge in [0.2, 0.25) is 34.8 Å². The number of nitrogens with zero attached hydrogens (tertiary/aromatic N) is 9. The number of benzene rings is 6. The Labute approximate surface area is 929 Å². The molecular formula is C123H171I3N11O8P. The van der Waals surface area contributed by atoms with Crippen LogP contribution in [0.3, 0.4) is 0 Å². The number of amides is 3. The standard InChI is InChI=1S/C47H67N5O3P.C39H53N3O2.C37H49N3O3.3HI/c1-10-50-41-24-18-16-22-39(41)46(6,7)43(50)26-13-11-14-27-44-47(8,9)40-23-17-19-25-42(40)51(44)32-20-12-15-28-45(53)49-33-29-38(30-34-49)55-56(54-35-21-31-48)52(36(2)3)37(4)5;1-6-41-33-23-16-14-21-31(33)38(2,3)35(41)25-11-9-12-26-36-39(4,5)32-22-15-17-24-34(32)42(36)29-19-10-13-27-37(44)40-28-18-7-8-20-30-43;1-6-39-31-19-14-12-17-29(31)36(2,3)33(39)21-9-7-10-22-34-37(4,5)30-18-13-15-20-32(30)40(34)25-16-8-11-23-35(42)38-24-27-43-28-26-41;;;/h11,13-14,16-19,22-27,36-38H,10,12,15,20-21,28-30,32-35H2,1-9H3;9,11-12,14-17,21-26,43H,6-8,10,13,18-20,27-30H2,1-5H3;7,9-10,12-15,17-22,41H,6,8,11,16,23-28H2,1-5H3;3*1H/q+1;;;;;/p-1. The number of hydrogen-bond donors (Lipinski definition) is 4. The van der Waals surface area contributed by atoms with Crippen molar-refractivity contribution in [3.05, 3.63) is 287 Å². The van der Waals surface area contributed by atoms with Crippen molar-refractivity contribution in [3.63, 3.8) is 0 Å². The number of ether oxygens (including phenoxy) is 1. The topological polar surface area (TPSA) is 192 Å². The molecule has 0 saturated carbocycles. The SMILES string of the molecule is CCN1/C(=C/C=C/C=C/C2=[N+](CCCCCC(=O)N3CCC(OP(OCCC#N)N(C(C)C)C(C)C)CC3)c3ccccc3C2(C)C)C(C)(C)c2ccccc21.CCN1/C(=C/C=C/C=C/C2=[N+](CCCCCC(=O)NCCCCCCO)c3ccccc3C2(C)C)C(C)(C)c2ccccc21.CCN1/C(=C/C=C/C=C/C2=[N+](CCCCCC(=O)NCCOCCO)c3ccccc3C2(C)C)C(C)(C)c2ccccc21.[I-].[I-].[I-].